The fraction of sp³-hybridized carbons (Fsp3) is 0.800. The zero-order valence-electron chi connectivity index (χ0n) is 12.8. The van der Waals surface area contributed by atoms with Crippen LogP contribution in [-0.4, -0.2) is 40.9 Å². The van der Waals surface area contributed by atoms with Gasteiger partial charge in [-0.2, -0.15) is 5.10 Å². The van der Waals surface area contributed by atoms with Gasteiger partial charge in [0.25, 0.3) is 0 Å². The van der Waals surface area contributed by atoms with Crippen molar-refractivity contribution in [3.05, 3.63) is 11.3 Å². The summed E-state index contributed by atoms with van der Waals surface area (Å²) >= 11 is 0. The predicted molar refractivity (Wildman–Crippen MR) is 78.7 cm³/mol. The van der Waals surface area contributed by atoms with Crippen LogP contribution >= 0.6 is 0 Å². The van der Waals surface area contributed by atoms with Crippen LogP contribution in [0, 0.1) is 12.8 Å². The molecule has 1 aromatic heterocycles. The molecular formula is C15H26N4O. The summed E-state index contributed by atoms with van der Waals surface area (Å²) < 4.78 is 7.48. The maximum Gasteiger partial charge on any atom is 0.216 e. The molecule has 1 saturated carbocycles. The fourth-order valence-electron chi connectivity index (χ4n) is 3.80. The molecule has 2 unspecified atom stereocenters. The van der Waals surface area contributed by atoms with E-state index in [4.69, 9.17) is 10.5 Å². The lowest BCUT2D eigenvalue weighted by atomic mass is 9.84. The van der Waals surface area contributed by atoms with Crippen molar-refractivity contribution in [3.8, 4) is 5.88 Å². The third-order valence-corrected chi connectivity index (χ3v) is 4.82. The summed E-state index contributed by atoms with van der Waals surface area (Å²) in [6.45, 7) is 4.01. The minimum absolute atomic E-state index is 0.380. The Balaban J connectivity index is 2.02. The van der Waals surface area contributed by atoms with Crippen LogP contribution in [0.4, 0.5) is 0 Å². The molecule has 0 spiro atoms. The van der Waals surface area contributed by atoms with E-state index in [0.29, 0.717) is 12.0 Å². The van der Waals surface area contributed by atoms with Gasteiger partial charge in [-0.3, -0.25) is 4.90 Å². The molecule has 5 heteroatoms. The van der Waals surface area contributed by atoms with Crippen molar-refractivity contribution in [1.82, 2.24) is 14.7 Å². The van der Waals surface area contributed by atoms with Crippen molar-refractivity contribution in [2.75, 3.05) is 20.2 Å². The molecule has 2 aliphatic rings. The van der Waals surface area contributed by atoms with E-state index in [0.717, 1.165) is 24.2 Å². The third kappa shape index (κ3) is 2.23. The fourth-order valence-corrected chi connectivity index (χ4v) is 3.80. The van der Waals surface area contributed by atoms with Gasteiger partial charge >= 0.3 is 0 Å². The number of hydrogen-bond acceptors (Lipinski definition) is 4. The van der Waals surface area contributed by atoms with Crippen molar-refractivity contribution < 1.29 is 4.74 Å². The molecule has 2 atom stereocenters. The number of aromatic nitrogens is 2. The first-order chi connectivity index (χ1) is 9.67. The van der Waals surface area contributed by atoms with Crippen LogP contribution < -0.4 is 10.5 Å². The smallest absolute Gasteiger partial charge is 0.216 e. The van der Waals surface area contributed by atoms with Gasteiger partial charge in [-0.05, 0) is 51.6 Å². The lowest BCUT2D eigenvalue weighted by molar-refractivity contribution is 0.0853. The molecular weight excluding hydrogens is 252 g/mol. The van der Waals surface area contributed by atoms with Gasteiger partial charge in [0.05, 0.1) is 18.4 Å². The van der Waals surface area contributed by atoms with Gasteiger partial charge in [0.1, 0.15) is 0 Å². The number of aryl methyl sites for hydroxylation is 2. The Hall–Kier alpha value is -1.07. The number of piperidine rings is 1. The molecule has 1 aliphatic heterocycles. The predicted octanol–water partition coefficient (Wildman–Crippen LogP) is 1.61. The maximum absolute atomic E-state index is 6.07. The molecule has 1 aliphatic carbocycles. The normalized spacial score (nSPS) is 27.8. The van der Waals surface area contributed by atoms with Crippen LogP contribution in [0.25, 0.3) is 0 Å². The number of likely N-dealkylation sites (tertiary alicyclic amines) is 1. The Morgan fingerprint density at radius 3 is 2.70 bits per heavy atom. The Bertz CT molecular complexity index is 480. The molecule has 3 rings (SSSR count). The lowest BCUT2D eigenvalue weighted by Crippen LogP contribution is -2.43. The molecule has 0 amide bonds. The quantitative estimate of drug-likeness (QED) is 0.909. The number of nitrogens with two attached hydrogens (primary N) is 1. The second kappa shape index (κ2) is 5.37. The van der Waals surface area contributed by atoms with E-state index in [1.54, 1.807) is 7.11 Å². The van der Waals surface area contributed by atoms with E-state index in [-0.39, 0.29) is 0 Å². The molecule has 0 aromatic carbocycles. The maximum atomic E-state index is 6.07. The van der Waals surface area contributed by atoms with Gasteiger partial charge in [-0.15, -0.1) is 0 Å². The summed E-state index contributed by atoms with van der Waals surface area (Å²) in [4.78, 5) is 2.66. The van der Waals surface area contributed by atoms with E-state index in [1.165, 1.54) is 37.8 Å². The molecule has 2 fully saturated rings. The summed E-state index contributed by atoms with van der Waals surface area (Å²) in [7, 11) is 3.69. The zero-order chi connectivity index (χ0) is 14.3. The average Bonchev–Trinajstić information content (AvgIpc) is 3.24. The highest BCUT2D eigenvalue weighted by Crippen LogP contribution is 2.45. The van der Waals surface area contributed by atoms with Crippen LogP contribution in [-0.2, 0) is 7.05 Å². The molecule has 2 heterocycles. The molecule has 1 aromatic rings. The SMILES string of the molecule is COc1c(C2C(CN)CCCN2C2CC2)c(C)nn1C. The van der Waals surface area contributed by atoms with Gasteiger partial charge in [0, 0.05) is 19.1 Å². The largest absolute Gasteiger partial charge is 0.481 e. The van der Waals surface area contributed by atoms with E-state index < -0.39 is 0 Å². The van der Waals surface area contributed by atoms with Gasteiger partial charge in [0.15, 0.2) is 0 Å². The molecule has 112 valence electrons. The molecule has 0 radical (unpaired) electrons. The number of ether oxygens (including phenoxy) is 1. The minimum Gasteiger partial charge on any atom is -0.481 e. The zero-order valence-corrected chi connectivity index (χ0v) is 12.8. The topological polar surface area (TPSA) is 56.3 Å². The summed E-state index contributed by atoms with van der Waals surface area (Å²) in [6.07, 6.45) is 5.13. The summed E-state index contributed by atoms with van der Waals surface area (Å²) in [5, 5.41) is 4.56. The molecule has 5 nitrogen and oxygen atoms in total. The summed E-state index contributed by atoms with van der Waals surface area (Å²) in [5.74, 6) is 1.42. The number of nitrogens with zero attached hydrogens (tertiary/aromatic N) is 3. The average molecular weight is 278 g/mol. The highest BCUT2D eigenvalue weighted by Gasteiger charge is 2.42. The van der Waals surface area contributed by atoms with E-state index in [2.05, 4.69) is 16.9 Å². The lowest BCUT2D eigenvalue weighted by Gasteiger charge is -2.41. The molecule has 20 heavy (non-hydrogen) atoms. The van der Waals surface area contributed by atoms with E-state index >= 15 is 0 Å². The first-order valence-corrected chi connectivity index (χ1v) is 7.70. The van der Waals surface area contributed by atoms with E-state index in [1.807, 2.05) is 11.7 Å². The van der Waals surface area contributed by atoms with Crippen LogP contribution in [0.1, 0.15) is 43.0 Å². The van der Waals surface area contributed by atoms with Gasteiger partial charge in [0.2, 0.25) is 5.88 Å². The molecule has 0 bridgehead atoms. The number of methoxy groups -OCH3 is 1. The van der Waals surface area contributed by atoms with E-state index in [9.17, 15) is 0 Å². The van der Waals surface area contributed by atoms with Crippen molar-refractivity contribution in [1.29, 1.82) is 0 Å². The molecule has 2 N–H and O–H groups in total. The Morgan fingerprint density at radius 1 is 1.35 bits per heavy atom. The highest BCUT2D eigenvalue weighted by atomic mass is 16.5. The second-order valence-electron chi connectivity index (χ2n) is 6.18. The van der Waals surface area contributed by atoms with Crippen LogP contribution in [0.5, 0.6) is 5.88 Å². The first kappa shape index (κ1) is 13.9. The summed E-state index contributed by atoms with van der Waals surface area (Å²) in [6, 6.07) is 1.13. The van der Waals surface area contributed by atoms with Crippen LogP contribution in [0.15, 0.2) is 0 Å². The van der Waals surface area contributed by atoms with Crippen molar-refractivity contribution in [3.63, 3.8) is 0 Å². The monoisotopic (exact) mass is 278 g/mol. The van der Waals surface area contributed by atoms with Gasteiger partial charge < -0.3 is 10.5 Å². The first-order valence-electron chi connectivity index (χ1n) is 7.70. The Labute approximate surface area is 121 Å². The van der Waals surface area contributed by atoms with Crippen LogP contribution in [0.3, 0.4) is 0 Å². The highest BCUT2D eigenvalue weighted by molar-refractivity contribution is 5.35. The van der Waals surface area contributed by atoms with Crippen molar-refractivity contribution in [2.45, 2.75) is 44.7 Å². The minimum atomic E-state index is 0.380. The number of hydrogen-bond donors (Lipinski definition) is 1. The van der Waals surface area contributed by atoms with Crippen LogP contribution in [0.2, 0.25) is 0 Å². The van der Waals surface area contributed by atoms with Crippen molar-refractivity contribution in [2.24, 2.45) is 18.7 Å². The Kier molecular flexibility index (Phi) is 3.73. The van der Waals surface area contributed by atoms with Gasteiger partial charge in [-0.25, -0.2) is 4.68 Å². The molecule has 1 saturated heterocycles. The Morgan fingerprint density at radius 2 is 2.10 bits per heavy atom. The van der Waals surface area contributed by atoms with Gasteiger partial charge in [-0.1, -0.05) is 0 Å². The van der Waals surface area contributed by atoms with Crippen molar-refractivity contribution >= 4 is 0 Å². The summed E-state index contributed by atoms with van der Waals surface area (Å²) in [5.41, 5.74) is 8.41. The standard InChI is InChI=1S/C15H26N4O/c1-10-13(15(20-3)18(2)17-10)14-11(9-16)5-4-8-19(14)12-6-7-12/h11-12,14H,4-9,16H2,1-3H3. The third-order valence-electron chi connectivity index (χ3n) is 4.82. The second-order valence-corrected chi connectivity index (χ2v) is 6.18. The number of rotatable bonds is 4.